The van der Waals surface area contributed by atoms with E-state index in [0.717, 1.165) is 11.0 Å². The second-order valence-electron chi connectivity index (χ2n) is 4.11. The predicted molar refractivity (Wildman–Crippen MR) is 69.3 cm³/mol. The van der Waals surface area contributed by atoms with Crippen molar-refractivity contribution in [3.8, 4) is 5.75 Å². The van der Waals surface area contributed by atoms with Crippen molar-refractivity contribution in [3.63, 3.8) is 0 Å². The van der Waals surface area contributed by atoms with E-state index in [1.165, 1.54) is 6.07 Å². The molecule has 1 aliphatic rings. The van der Waals surface area contributed by atoms with Crippen LogP contribution in [0.5, 0.6) is 5.75 Å². The average molecular weight is 349 g/mol. The van der Waals surface area contributed by atoms with Crippen molar-refractivity contribution in [2.75, 3.05) is 19.7 Å². The van der Waals surface area contributed by atoms with Gasteiger partial charge in [-0.2, -0.15) is 4.39 Å². The number of nitrogens with zero attached hydrogens (tertiary/aromatic N) is 1. The van der Waals surface area contributed by atoms with Gasteiger partial charge in [0.2, 0.25) is 11.7 Å². The quantitative estimate of drug-likeness (QED) is 0.503. The van der Waals surface area contributed by atoms with Crippen molar-refractivity contribution in [3.05, 3.63) is 28.2 Å². The summed E-state index contributed by atoms with van der Waals surface area (Å²) in [6.07, 6.45) is 0.326. The van der Waals surface area contributed by atoms with Gasteiger partial charge >= 0.3 is 6.03 Å². The molecule has 0 spiro atoms. The summed E-state index contributed by atoms with van der Waals surface area (Å²) < 4.78 is 32.0. The number of ether oxygens (including phenoxy) is 1. The van der Waals surface area contributed by atoms with Gasteiger partial charge in [-0.1, -0.05) is 15.9 Å². The second kappa shape index (κ2) is 6.17. The van der Waals surface area contributed by atoms with Gasteiger partial charge in [0.05, 0.1) is 13.2 Å². The first-order chi connectivity index (χ1) is 9.49. The van der Waals surface area contributed by atoms with E-state index in [1.54, 1.807) is 0 Å². The molecule has 1 fully saturated rings. The predicted octanol–water partition coefficient (Wildman–Crippen LogP) is 2.05. The molecule has 1 aliphatic heterocycles. The Kier molecular flexibility index (Phi) is 4.53. The zero-order valence-corrected chi connectivity index (χ0v) is 11.9. The molecule has 5 nitrogen and oxygen atoms in total. The average Bonchev–Trinajstić information content (AvgIpc) is 2.71. The molecular formula is C12H11BrF2N2O3. The van der Waals surface area contributed by atoms with Crippen LogP contribution in [0.1, 0.15) is 6.42 Å². The molecule has 1 saturated heterocycles. The highest BCUT2D eigenvalue weighted by Gasteiger charge is 2.27. The van der Waals surface area contributed by atoms with E-state index in [0.29, 0.717) is 10.9 Å². The summed E-state index contributed by atoms with van der Waals surface area (Å²) in [6, 6.07) is 1.86. The SMILES string of the molecule is O=C1CNC(=O)N1CCCOc1cc(Br)cc(F)c1F. The lowest BCUT2D eigenvalue weighted by molar-refractivity contribution is -0.125. The lowest BCUT2D eigenvalue weighted by Gasteiger charge is -2.13. The van der Waals surface area contributed by atoms with Crippen LogP contribution in [0, 0.1) is 11.6 Å². The van der Waals surface area contributed by atoms with Crippen molar-refractivity contribution in [2.45, 2.75) is 6.42 Å². The Hall–Kier alpha value is -1.70. The zero-order valence-electron chi connectivity index (χ0n) is 10.3. The second-order valence-corrected chi connectivity index (χ2v) is 5.02. The first-order valence-corrected chi connectivity index (χ1v) is 6.64. The van der Waals surface area contributed by atoms with Crippen LogP contribution in [0.15, 0.2) is 16.6 Å². The van der Waals surface area contributed by atoms with Crippen LogP contribution < -0.4 is 10.1 Å². The van der Waals surface area contributed by atoms with Gasteiger partial charge in [-0.25, -0.2) is 9.18 Å². The number of urea groups is 1. The van der Waals surface area contributed by atoms with E-state index in [9.17, 15) is 18.4 Å². The van der Waals surface area contributed by atoms with E-state index in [1.807, 2.05) is 0 Å². The minimum absolute atomic E-state index is 0.00877. The van der Waals surface area contributed by atoms with Crippen molar-refractivity contribution in [1.82, 2.24) is 10.2 Å². The van der Waals surface area contributed by atoms with Gasteiger partial charge < -0.3 is 10.1 Å². The number of halogens is 3. The minimum Gasteiger partial charge on any atom is -0.490 e. The molecule has 108 valence electrons. The molecule has 0 aromatic heterocycles. The Bertz CT molecular complexity index is 538. The number of benzene rings is 1. The van der Waals surface area contributed by atoms with Crippen LogP contribution in [0.3, 0.4) is 0 Å². The lowest BCUT2D eigenvalue weighted by Crippen LogP contribution is -2.32. The van der Waals surface area contributed by atoms with Crippen molar-refractivity contribution in [2.24, 2.45) is 0 Å². The summed E-state index contributed by atoms with van der Waals surface area (Å²) in [6.45, 7) is 0.220. The molecule has 0 atom stereocenters. The highest BCUT2D eigenvalue weighted by Crippen LogP contribution is 2.25. The van der Waals surface area contributed by atoms with Crippen LogP contribution in [0.2, 0.25) is 0 Å². The van der Waals surface area contributed by atoms with E-state index in [4.69, 9.17) is 4.74 Å². The van der Waals surface area contributed by atoms with Gasteiger partial charge in [0.25, 0.3) is 0 Å². The molecule has 0 radical (unpaired) electrons. The van der Waals surface area contributed by atoms with Gasteiger partial charge in [0.1, 0.15) is 0 Å². The molecule has 8 heteroatoms. The topological polar surface area (TPSA) is 58.6 Å². The first kappa shape index (κ1) is 14.7. The Balaban J connectivity index is 1.85. The van der Waals surface area contributed by atoms with Crippen LogP contribution in [-0.4, -0.2) is 36.5 Å². The van der Waals surface area contributed by atoms with E-state index in [2.05, 4.69) is 21.2 Å². The molecule has 0 aliphatic carbocycles. The van der Waals surface area contributed by atoms with E-state index in [-0.39, 0.29) is 31.4 Å². The number of imide groups is 1. The Labute approximate surface area is 122 Å². The number of nitrogens with one attached hydrogen (secondary N) is 1. The summed E-state index contributed by atoms with van der Waals surface area (Å²) in [7, 11) is 0. The number of hydrogen-bond donors (Lipinski definition) is 1. The molecular weight excluding hydrogens is 338 g/mol. The Morgan fingerprint density at radius 1 is 1.35 bits per heavy atom. The number of carbonyl (C=O) groups is 2. The molecule has 1 N–H and O–H groups in total. The molecule has 0 unspecified atom stereocenters. The van der Waals surface area contributed by atoms with Crippen LogP contribution >= 0.6 is 15.9 Å². The Morgan fingerprint density at radius 3 is 2.75 bits per heavy atom. The van der Waals surface area contributed by atoms with Crippen LogP contribution in [0.25, 0.3) is 0 Å². The molecule has 0 bridgehead atoms. The van der Waals surface area contributed by atoms with Crippen molar-refractivity contribution in [1.29, 1.82) is 0 Å². The minimum atomic E-state index is -1.07. The summed E-state index contributed by atoms with van der Waals surface area (Å²) in [5.41, 5.74) is 0. The van der Waals surface area contributed by atoms with Crippen LogP contribution in [0.4, 0.5) is 13.6 Å². The van der Waals surface area contributed by atoms with Gasteiger partial charge in [-0.05, 0) is 18.6 Å². The smallest absolute Gasteiger partial charge is 0.324 e. The Morgan fingerprint density at radius 2 is 2.10 bits per heavy atom. The molecule has 2 rings (SSSR count). The molecule has 0 saturated carbocycles. The summed E-state index contributed by atoms with van der Waals surface area (Å²) >= 11 is 3.03. The summed E-state index contributed by atoms with van der Waals surface area (Å²) in [5.74, 6) is -2.60. The van der Waals surface area contributed by atoms with Crippen LogP contribution in [-0.2, 0) is 4.79 Å². The van der Waals surface area contributed by atoms with Crippen molar-refractivity contribution >= 4 is 27.9 Å². The van der Waals surface area contributed by atoms with E-state index >= 15 is 0 Å². The lowest BCUT2D eigenvalue weighted by atomic mass is 10.3. The fourth-order valence-electron chi connectivity index (χ4n) is 1.72. The number of rotatable bonds is 5. The molecule has 20 heavy (non-hydrogen) atoms. The largest absolute Gasteiger partial charge is 0.490 e. The maximum atomic E-state index is 13.4. The maximum absolute atomic E-state index is 13.4. The third-order valence-corrected chi connectivity index (χ3v) is 3.14. The van der Waals surface area contributed by atoms with Crippen molar-refractivity contribution < 1.29 is 23.1 Å². The summed E-state index contributed by atoms with van der Waals surface area (Å²) in [4.78, 5) is 23.6. The fourth-order valence-corrected chi connectivity index (χ4v) is 2.13. The number of amides is 3. The zero-order chi connectivity index (χ0) is 14.7. The fraction of sp³-hybridized carbons (Fsp3) is 0.333. The maximum Gasteiger partial charge on any atom is 0.324 e. The molecule has 3 amide bonds. The van der Waals surface area contributed by atoms with Gasteiger partial charge in [0.15, 0.2) is 11.6 Å². The van der Waals surface area contributed by atoms with E-state index < -0.39 is 17.7 Å². The molecule has 1 heterocycles. The summed E-state index contributed by atoms with van der Waals surface area (Å²) in [5, 5.41) is 2.38. The third-order valence-electron chi connectivity index (χ3n) is 2.68. The van der Waals surface area contributed by atoms with Gasteiger partial charge in [-0.3, -0.25) is 9.69 Å². The third kappa shape index (κ3) is 3.24. The van der Waals surface area contributed by atoms with Gasteiger partial charge in [-0.15, -0.1) is 0 Å². The molecule has 1 aromatic rings. The molecule has 1 aromatic carbocycles. The number of carbonyl (C=O) groups excluding carboxylic acids is 2. The highest BCUT2D eigenvalue weighted by molar-refractivity contribution is 9.10. The highest BCUT2D eigenvalue weighted by atomic mass is 79.9. The normalized spacial score (nSPS) is 14.7. The van der Waals surface area contributed by atoms with Gasteiger partial charge in [0, 0.05) is 11.0 Å². The monoisotopic (exact) mass is 348 g/mol. The standard InChI is InChI=1S/C12H11BrF2N2O3/c13-7-4-8(14)11(15)9(5-7)20-3-1-2-17-10(18)6-16-12(17)19/h4-5H,1-3,6H2,(H,16,19). The first-order valence-electron chi connectivity index (χ1n) is 5.84. The number of hydrogen-bond acceptors (Lipinski definition) is 3.